The number of aliphatic imine (C=N–C) groups is 2. The average molecular weight is 815 g/mol. The number of hydrogen-bond donors (Lipinski definition) is 10. The van der Waals surface area contributed by atoms with Crippen molar-refractivity contribution in [2.75, 3.05) is 25.0 Å². The zero-order valence-electron chi connectivity index (χ0n) is 28.8. The molecule has 18 heteroatoms. The smallest absolute Gasteiger partial charge is 0.323 e. The number of anilines is 1. The highest BCUT2D eigenvalue weighted by atomic mass is 79.9. The Morgan fingerprint density at radius 3 is 2.43 bits per heavy atom. The number of amides is 1. The number of carbonyl (C=O) groups is 2. The molecule has 0 aromatic heterocycles. The molecule has 0 saturated carbocycles. The fourth-order valence-corrected chi connectivity index (χ4v) is 6.92. The fraction of sp³-hybridized carbons (Fsp3) is 0.343. The van der Waals surface area contributed by atoms with Crippen LogP contribution in [0.25, 0.3) is 0 Å². The lowest BCUT2D eigenvalue weighted by Gasteiger charge is -2.30. The molecule has 282 valence electrons. The van der Waals surface area contributed by atoms with E-state index in [2.05, 4.69) is 52.5 Å². The predicted molar refractivity (Wildman–Crippen MR) is 202 cm³/mol. The van der Waals surface area contributed by atoms with E-state index in [1.165, 1.54) is 24.3 Å². The number of nitrogens with one attached hydrogen (secondary N) is 5. The van der Waals surface area contributed by atoms with Gasteiger partial charge in [-0.25, -0.2) is 4.99 Å². The zero-order valence-corrected chi connectivity index (χ0v) is 31.2. The Labute approximate surface area is 314 Å². The van der Waals surface area contributed by atoms with Crippen molar-refractivity contribution in [2.24, 2.45) is 9.98 Å². The van der Waals surface area contributed by atoms with Crippen LogP contribution >= 0.6 is 15.9 Å². The van der Waals surface area contributed by atoms with Gasteiger partial charge in [-0.3, -0.25) is 25.2 Å². The van der Waals surface area contributed by atoms with Crippen LogP contribution in [0.2, 0.25) is 0 Å². The number of benzene rings is 3. The van der Waals surface area contributed by atoms with Crippen molar-refractivity contribution in [3.05, 3.63) is 87.4 Å². The number of aliphatic hydroxyl groups is 3. The van der Waals surface area contributed by atoms with Crippen LogP contribution in [0.4, 0.5) is 11.4 Å². The molecule has 16 nitrogen and oxygen atoms in total. The second-order valence-electron chi connectivity index (χ2n) is 13.5. The molecule has 3 aromatic rings. The maximum Gasteiger partial charge on any atom is 0.323 e. The van der Waals surface area contributed by atoms with Gasteiger partial charge in [0.2, 0.25) is 16.2 Å². The summed E-state index contributed by atoms with van der Waals surface area (Å²) in [5.74, 6) is -2.06. The molecule has 5 atom stereocenters. The number of aromatic hydroxyl groups is 1. The van der Waals surface area contributed by atoms with Crippen LogP contribution in [0.1, 0.15) is 55.3 Å². The highest BCUT2D eigenvalue weighted by Gasteiger charge is 2.37. The van der Waals surface area contributed by atoms with Crippen molar-refractivity contribution in [3.63, 3.8) is 0 Å². The fourth-order valence-electron chi connectivity index (χ4n) is 5.73. The van der Waals surface area contributed by atoms with Crippen LogP contribution < -0.4 is 26.6 Å². The number of fused-ring (bicyclic) bond motifs is 1. The Balaban J connectivity index is 1.39. The van der Waals surface area contributed by atoms with Crippen molar-refractivity contribution < 1.29 is 43.5 Å². The number of hydrogen-bond acceptors (Lipinski definition) is 14. The number of nitrogens with zero attached hydrogens (tertiary/aromatic N) is 2. The van der Waals surface area contributed by atoms with Crippen LogP contribution in [-0.4, -0.2) is 100 Å². The summed E-state index contributed by atoms with van der Waals surface area (Å²) >= 11 is 3.48. The third-order valence-electron chi connectivity index (χ3n) is 8.39. The Morgan fingerprint density at radius 2 is 1.77 bits per heavy atom. The number of guanidine groups is 1. The Hall–Kier alpha value is -4.69. The molecule has 4 unspecified atom stereocenters. The number of carbonyl (C=O) groups excluding carboxylic acids is 1. The number of carboxylic acids is 1. The molecule has 2 heterocycles. The summed E-state index contributed by atoms with van der Waals surface area (Å²) in [6.45, 7) is 5.80. The van der Waals surface area contributed by atoms with Crippen molar-refractivity contribution >= 4 is 66.0 Å². The number of para-hydroxylation sites is 1. The molecule has 0 radical (unpaired) electrons. The summed E-state index contributed by atoms with van der Waals surface area (Å²) in [5, 5.41) is 66.4. The van der Waals surface area contributed by atoms with Crippen LogP contribution in [-0.2, 0) is 25.3 Å². The van der Waals surface area contributed by atoms with E-state index >= 15 is 0 Å². The number of aliphatic hydroxyl groups excluding tert-OH is 3. The molecule has 3 aromatic carbocycles. The monoisotopic (exact) mass is 813 g/mol. The topological polar surface area (TPSA) is 254 Å². The van der Waals surface area contributed by atoms with Gasteiger partial charge in [-0.05, 0) is 46.9 Å². The minimum absolute atomic E-state index is 0.180. The van der Waals surface area contributed by atoms with Gasteiger partial charge < -0.3 is 41.5 Å². The number of carboxylic acid groups (broad SMARTS) is 1. The molecular formula is C35H40BrN7O9S. The maximum atomic E-state index is 13.5. The van der Waals surface area contributed by atoms with Crippen molar-refractivity contribution in [1.82, 2.24) is 21.3 Å². The molecule has 2 aliphatic rings. The third kappa shape index (κ3) is 9.85. The quantitative estimate of drug-likeness (QED) is 0.0912. The molecule has 0 saturated heterocycles. The van der Waals surface area contributed by atoms with E-state index < -0.39 is 64.8 Å². The van der Waals surface area contributed by atoms with Gasteiger partial charge in [0.25, 0.3) is 0 Å². The van der Waals surface area contributed by atoms with Gasteiger partial charge in [-0.2, -0.15) is 8.42 Å². The first kappa shape index (κ1) is 39.5. The van der Waals surface area contributed by atoms with E-state index in [4.69, 9.17) is 0 Å². The Morgan fingerprint density at radius 1 is 1.04 bits per heavy atom. The van der Waals surface area contributed by atoms with E-state index in [9.17, 15) is 43.5 Å². The minimum Gasteiger partial charge on any atom is -0.508 e. The van der Waals surface area contributed by atoms with Gasteiger partial charge >= 0.3 is 5.97 Å². The normalized spacial score (nSPS) is 17.7. The van der Waals surface area contributed by atoms with E-state index in [-0.39, 0.29) is 46.2 Å². The zero-order chi connectivity index (χ0) is 38.6. The number of β-amino-alcohol motifs (C(OH)–C–C–N with tert-alkyl or cyclic N) is 1. The molecule has 10 N–H and O–H groups in total. The van der Waals surface area contributed by atoms with E-state index in [0.29, 0.717) is 21.7 Å². The van der Waals surface area contributed by atoms with Crippen LogP contribution in [0.3, 0.4) is 0 Å². The molecule has 5 rings (SSSR count). The summed E-state index contributed by atoms with van der Waals surface area (Å²) in [6, 6.07) is 12.6. The third-order valence-corrected chi connectivity index (χ3v) is 9.61. The SMILES string of the molecule is CC(C)(C)c1cc(Br)cc(C(NC(=O)CNC(O)c2cc(O)cc(NC3=NCC(O)CN3)c2)[C@H](NC(O)C2=Nc3ccccc3C2=S(=O)=O)C(=O)O)c1. The second-order valence-corrected chi connectivity index (χ2v) is 15.3. The van der Waals surface area contributed by atoms with Crippen LogP contribution in [0.5, 0.6) is 5.75 Å². The minimum atomic E-state index is -2.84. The average Bonchev–Trinajstić information content (AvgIpc) is 3.49. The summed E-state index contributed by atoms with van der Waals surface area (Å²) in [4.78, 5) is 34.5. The van der Waals surface area contributed by atoms with Gasteiger partial charge in [-0.15, -0.1) is 0 Å². The van der Waals surface area contributed by atoms with Crippen LogP contribution in [0.15, 0.2) is 75.1 Å². The molecule has 0 aliphatic carbocycles. The van der Waals surface area contributed by atoms with Gasteiger partial charge in [0.1, 0.15) is 28.6 Å². The van der Waals surface area contributed by atoms with Crippen molar-refractivity contribution in [3.8, 4) is 5.75 Å². The maximum absolute atomic E-state index is 13.5. The lowest BCUT2D eigenvalue weighted by molar-refractivity contribution is -0.141. The molecule has 0 spiro atoms. The number of rotatable bonds is 12. The van der Waals surface area contributed by atoms with Crippen molar-refractivity contribution in [1.29, 1.82) is 0 Å². The largest absolute Gasteiger partial charge is 0.508 e. The summed E-state index contributed by atoms with van der Waals surface area (Å²) in [7, 11) is -2.84. The molecule has 2 aliphatic heterocycles. The van der Waals surface area contributed by atoms with E-state index in [0.717, 1.165) is 5.56 Å². The first-order chi connectivity index (χ1) is 25.0. The summed E-state index contributed by atoms with van der Waals surface area (Å²) < 4.78 is 25.1. The van der Waals surface area contributed by atoms with E-state index in [1.807, 2.05) is 26.8 Å². The lowest BCUT2D eigenvalue weighted by atomic mass is 9.84. The molecular weight excluding hydrogens is 774 g/mol. The van der Waals surface area contributed by atoms with Crippen LogP contribution in [0, 0.1) is 0 Å². The van der Waals surface area contributed by atoms with Crippen molar-refractivity contribution in [2.45, 2.75) is 56.8 Å². The standard InChI is InChI=1S/C35H40BrN7O9S/c1-35(2,3)19-8-17(9-20(36)12-19)27(28(33(49)50)43-32(48)29-30(53(51)52)24-6-4-5-7-25(24)41-29)42-26(46)16-37-31(47)18-10-21(13-22(44)11-18)40-34-38-14-23(45)15-39-34/h4-13,23,27-28,31-32,37,43-45,47-48H,14-16H2,1-3H3,(H,42,46)(H,49,50)(H2,38,39,40)/t27?,28-,31?,32?/m0/s1. The first-order valence-electron chi connectivity index (χ1n) is 16.4. The number of phenolic OH excluding ortho intramolecular Hbond substituents is 1. The highest BCUT2D eigenvalue weighted by Crippen LogP contribution is 2.32. The van der Waals surface area contributed by atoms with Gasteiger partial charge in [0.05, 0.1) is 30.9 Å². The molecule has 0 fully saturated rings. The summed E-state index contributed by atoms with van der Waals surface area (Å²) in [6.07, 6.45) is -3.99. The number of phenols is 1. The highest BCUT2D eigenvalue weighted by molar-refractivity contribution is 9.10. The molecule has 0 bridgehead atoms. The second kappa shape index (κ2) is 16.5. The Kier molecular flexibility index (Phi) is 12.3. The number of halogens is 1. The van der Waals surface area contributed by atoms with E-state index in [1.54, 1.807) is 30.3 Å². The van der Waals surface area contributed by atoms with Gasteiger partial charge in [-0.1, -0.05) is 61.0 Å². The summed E-state index contributed by atoms with van der Waals surface area (Å²) in [5.41, 5.74) is 1.50. The van der Waals surface area contributed by atoms with Gasteiger partial charge in [0.15, 0.2) is 12.2 Å². The number of aliphatic carboxylic acids is 1. The first-order valence-corrected chi connectivity index (χ1v) is 18.3. The Bertz CT molecular complexity index is 2090. The molecule has 1 amide bonds. The molecule has 53 heavy (non-hydrogen) atoms. The predicted octanol–water partition coefficient (Wildman–Crippen LogP) is 1.17. The lowest BCUT2D eigenvalue weighted by Crippen LogP contribution is -2.55. The van der Waals surface area contributed by atoms with Gasteiger partial charge in [0, 0.05) is 33.9 Å².